The number of hydrogen-bond donors (Lipinski definition) is 1. The number of carbonyl (C=O) groups is 2. The molecule has 6 nitrogen and oxygen atoms in total. The largest absolute Gasteiger partial charge is 0.339 e. The zero-order valence-corrected chi connectivity index (χ0v) is 13.2. The van der Waals surface area contributed by atoms with Crippen LogP contribution < -0.4 is 4.72 Å². The van der Waals surface area contributed by atoms with E-state index in [1.54, 1.807) is 17.9 Å². The van der Waals surface area contributed by atoms with Gasteiger partial charge in [-0.25, -0.2) is 13.1 Å². The standard InChI is InChI=1S/C13H16N2O4S2/c1-8-2-5-12(20-8)21(18,19)14-13(17)9-6-11(16)15(7-9)10-3-4-10/h2,5,9-10H,3-4,6-7H2,1H3,(H,14,17). The molecule has 0 bridgehead atoms. The third-order valence-electron chi connectivity index (χ3n) is 3.73. The number of aryl methyl sites for hydroxylation is 1. The number of rotatable bonds is 4. The summed E-state index contributed by atoms with van der Waals surface area (Å²) in [5.41, 5.74) is 0. The van der Waals surface area contributed by atoms with Gasteiger partial charge in [-0.1, -0.05) is 0 Å². The zero-order chi connectivity index (χ0) is 15.2. The average Bonchev–Trinajstić information content (AvgIpc) is 3.02. The first-order valence-corrected chi connectivity index (χ1v) is 9.09. The summed E-state index contributed by atoms with van der Waals surface area (Å²) in [6, 6.07) is 3.43. The highest BCUT2D eigenvalue weighted by molar-refractivity contribution is 7.92. The second kappa shape index (κ2) is 5.10. The van der Waals surface area contributed by atoms with Crippen molar-refractivity contribution >= 4 is 33.2 Å². The van der Waals surface area contributed by atoms with Crippen molar-refractivity contribution in [1.82, 2.24) is 9.62 Å². The molecule has 1 aromatic heterocycles. The summed E-state index contributed by atoms with van der Waals surface area (Å²) >= 11 is 1.12. The van der Waals surface area contributed by atoms with Crippen molar-refractivity contribution < 1.29 is 18.0 Å². The monoisotopic (exact) mass is 328 g/mol. The van der Waals surface area contributed by atoms with Crippen molar-refractivity contribution in [1.29, 1.82) is 0 Å². The van der Waals surface area contributed by atoms with E-state index in [-0.39, 0.29) is 22.6 Å². The Bertz CT molecular complexity index is 691. The van der Waals surface area contributed by atoms with Crippen LogP contribution in [0.3, 0.4) is 0 Å². The average molecular weight is 328 g/mol. The lowest BCUT2D eigenvalue weighted by Gasteiger charge is -2.15. The van der Waals surface area contributed by atoms with Crippen LogP contribution >= 0.6 is 11.3 Å². The third-order valence-corrected chi connectivity index (χ3v) is 6.57. The lowest BCUT2D eigenvalue weighted by atomic mass is 10.1. The third kappa shape index (κ3) is 2.96. The van der Waals surface area contributed by atoms with Gasteiger partial charge in [0, 0.05) is 23.9 Å². The van der Waals surface area contributed by atoms with Gasteiger partial charge in [-0.15, -0.1) is 11.3 Å². The maximum absolute atomic E-state index is 12.1. The molecule has 2 heterocycles. The quantitative estimate of drug-likeness (QED) is 0.889. The van der Waals surface area contributed by atoms with Gasteiger partial charge in [0.15, 0.2) is 0 Å². The first-order chi connectivity index (χ1) is 9.87. The minimum Gasteiger partial charge on any atom is -0.339 e. The van der Waals surface area contributed by atoms with Crippen LogP contribution in [-0.2, 0) is 19.6 Å². The van der Waals surface area contributed by atoms with Gasteiger partial charge in [0.25, 0.3) is 10.0 Å². The van der Waals surface area contributed by atoms with Crippen molar-refractivity contribution in [2.75, 3.05) is 6.54 Å². The molecular weight excluding hydrogens is 312 g/mol. The maximum Gasteiger partial charge on any atom is 0.273 e. The summed E-state index contributed by atoms with van der Waals surface area (Å²) in [7, 11) is -3.83. The maximum atomic E-state index is 12.1. The molecule has 1 unspecified atom stereocenters. The number of carbonyl (C=O) groups excluding carboxylic acids is 2. The van der Waals surface area contributed by atoms with Gasteiger partial charge < -0.3 is 4.90 Å². The van der Waals surface area contributed by atoms with Crippen LogP contribution in [0.5, 0.6) is 0 Å². The van der Waals surface area contributed by atoms with Gasteiger partial charge in [0.05, 0.1) is 5.92 Å². The van der Waals surface area contributed by atoms with E-state index in [0.717, 1.165) is 29.1 Å². The number of sulfonamides is 1. The summed E-state index contributed by atoms with van der Waals surface area (Å²) in [6.07, 6.45) is 2.06. The highest BCUT2D eigenvalue weighted by Gasteiger charge is 2.42. The van der Waals surface area contributed by atoms with Crippen LogP contribution in [-0.4, -0.2) is 37.7 Å². The smallest absolute Gasteiger partial charge is 0.273 e. The highest BCUT2D eigenvalue weighted by atomic mass is 32.2. The van der Waals surface area contributed by atoms with E-state index < -0.39 is 21.8 Å². The van der Waals surface area contributed by atoms with Gasteiger partial charge in [-0.3, -0.25) is 9.59 Å². The second-order valence-corrected chi connectivity index (χ2v) is 8.71. The Hall–Kier alpha value is -1.41. The SMILES string of the molecule is Cc1ccc(S(=O)(=O)NC(=O)C2CC(=O)N(C3CC3)C2)s1. The summed E-state index contributed by atoms with van der Waals surface area (Å²) in [5.74, 6) is -1.21. The number of likely N-dealkylation sites (tertiary alicyclic amines) is 1. The fourth-order valence-electron chi connectivity index (χ4n) is 2.47. The minimum absolute atomic E-state index is 0.0537. The first-order valence-electron chi connectivity index (χ1n) is 6.79. The Balaban J connectivity index is 1.68. The molecule has 2 fully saturated rings. The van der Waals surface area contributed by atoms with Crippen molar-refractivity contribution in [3.8, 4) is 0 Å². The van der Waals surface area contributed by atoms with Crippen molar-refractivity contribution in [2.24, 2.45) is 5.92 Å². The van der Waals surface area contributed by atoms with Gasteiger partial charge in [-0.2, -0.15) is 0 Å². The Morgan fingerprint density at radius 2 is 2.10 bits per heavy atom. The Morgan fingerprint density at radius 1 is 1.38 bits per heavy atom. The fraction of sp³-hybridized carbons (Fsp3) is 0.538. The Labute approximate surface area is 127 Å². The van der Waals surface area contributed by atoms with Crippen LogP contribution in [0, 0.1) is 12.8 Å². The number of thiophene rings is 1. The Morgan fingerprint density at radius 3 is 2.67 bits per heavy atom. The molecule has 21 heavy (non-hydrogen) atoms. The Kier molecular flexibility index (Phi) is 3.53. The van der Waals surface area contributed by atoms with E-state index >= 15 is 0 Å². The number of amides is 2. The summed E-state index contributed by atoms with van der Waals surface area (Å²) < 4.78 is 26.4. The van der Waals surface area contributed by atoms with Crippen molar-refractivity contribution in [3.63, 3.8) is 0 Å². The molecule has 8 heteroatoms. The normalized spacial score (nSPS) is 22.6. The number of nitrogens with one attached hydrogen (secondary N) is 1. The van der Waals surface area contributed by atoms with Crippen molar-refractivity contribution in [3.05, 3.63) is 17.0 Å². The molecule has 1 N–H and O–H groups in total. The molecule has 1 aliphatic carbocycles. The molecule has 1 saturated carbocycles. The molecule has 114 valence electrons. The minimum atomic E-state index is -3.83. The molecule has 0 aromatic carbocycles. The summed E-state index contributed by atoms with van der Waals surface area (Å²) in [5, 5.41) is 0. The van der Waals surface area contributed by atoms with E-state index in [1.807, 2.05) is 0 Å². The van der Waals surface area contributed by atoms with Crippen LogP contribution in [0.4, 0.5) is 0 Å². The molecular formula is C13H16N2O4S2. The summed E-state index contributed by atoms with van der Waals surface area (Å²) in [4.78, 5) is 26.5. The van der Waals surface area contributed by atoms with Gasteiger partial charge in [0.1, 0.15) is 4.21 Å². The molecule has 1 aliphatic heterocycles. The lowest BCUT2D eigenvalue weighted by Crippen LogP contribution is -2.37. The van der Waals surface area contributed by atoms with Gasteiger partial charge >= 0.3 is 0 Å². The van der Waals surface area contributed by atoms with E-state index in [9.17, 15) is 18.0 Å². The van der Waals surface area contributed by atoms with Crippen molar-refractivity contribution in [2.45, 2.75) is 36.4 Å². The zero-order valence-electron chi connectivity index (χ0n) is 11.5. The molecule has 1 atom stereocenters. The van der Waals surface area contributed by atoms with Crippen LogP contribution in [0.15, 0.2) is 16.3 Å². The lowest BCUT2D eigenvalue weighted by molar-refractivity contribution is -0.129. The molecule has 0 spiro atoms. The highest BCUT2D eigenvalue weighted by Crippen LogP contribution is 2.32. The van der Waals surface area contributed by atoms with Gasteiger partial charge in [0.2, 0.25) is 11.8 Å². The van der Waals surface area contributed by atoms with E-state index in [4.69, 9.17) is 0 Å². The number of hydrogen-bond acceptors (Lipinski definition) is 5. The van der Waals surface area contributed by atoms with E-state index in [1.165, 1.54) is 6.07 Å². The van der Waals surface area contributed by atoms with Crippen LogP contribution in [0.2, 0.25) is 0 Å². The first kappa shape index (κ1) is 14.5. The predicted octanol–water partition coefficient (Wildman–Crippen LogP) is 0.872. The molecule has 1 saturated heterocycles. The molecule has 1 aromatic rings. The van der Waals surface area contributed by atoms with E-state index in [2.05, 4.69) is 4.72 Å². The molecule has 2 amide bonds. The summed E-state index contributed by atoms with van der Waals surface area (Å²) in [6.45, 7) is 2.13. The van der Waals surface area contributed by atoms with Gasteiger partial charge in [-0.05, 0) is 31.9 Å². The molecule has 3 rings (SSSR count). The van der Waals surface area contributed by atoms with Crippen LogP contribution in [0.1, 0.15) is 24.1 Å². The molecule has 0 radical (unpaired) electrons. The van der Waals surface area contributed by atoms with Crippen LogP contribution in [0.25, 0.3) is 0 Å². The predicted molar refractivity (Wildman–Crippen MR) is 77.2 cm³/mol. The van der Waals surface area contributed by atoms with E-state index in [0.29, 0.717) is 6.54 Å². The second-order valence-electron chi connectivity index (χ2n) is 5.51. The number of nitrogens with zero attached hydrogens (tertiary/aromatic N) is 1. The topological polar surface area (TPSA) is 83.5 Å². The molecule has 2 aliphatic rings. The fourth-order valence-corrected chi connectivity index (χ4v) is 4.80.